The van der Waals surface area contributed by atoms with Gasteiger partial charge in [0.15, 0.2) is 5.69 Å². The molecule has 2 aromatic carbocycles. The lowest BCUT2D eigenvalue weighted by atomic mass is 9.86. The number of fused-ring (bicyclic) bond motifs is 1. The smallest absolute Gasteiger partial charge is 0.273 e. The van der Waals surface area contributed by atoms with E-state index in [4.69, 9.17) is 11.6 Å². The second-order valence-electron chi connectivity index (χ2n) is 10.5. The summed E-state index contributed by atoms with van der Waals surface area (Å²) in [6.45, 7) is 8.41. The molecule has 1 aliphatic rings. The summed E-state index contributed by atoms with van der Waals surface area (Å²) in [6.07, 6.45) is 0. The van der Waals surface area contributed by atoms with Crippen molar-refractivity contribution in [2.24, 2.45) is 5.41 Å². The molecule has 1 aromatic heterocycles. The molecule has 0 spiro atoms. The molecule has 1 fully saturated rings. The first-order chi connectivity index (χ1) is 18.0. The van der Waals surface area contributed by atoms with Crippen LogP contribution in [0, 0.1) is 11.2 Å². The van der Waals surface area contributed by atoms with Crippen LogP contribution in [0.15, 0.2) is 42.5 Å². The van der Waals surface area contributed by atoms with Crippen LogP contribution in [-0.4, -0.2) is 71.2 Å². The Morgan fingerprint density at radius 3 is 2.61 bits per heavy atom. The Balaban J connectivity index is 1.51. The van der Waals surface area contributed by atoms with E-state index in [1.807, 2.05) is 25.7 Å². The van der Waals surface area contributed by atoms with Gasteiger partial charge in [-0.05, 0) is 41.3 Å². The Morgan fingerprint density at radius 1 is 1.18 bits per heavy atom. The van der Waals surface area contributed by atoms with Crippen molar-refractivity contribution in [1.82, 2.24) is 30.6 Å². The summed E-state index contributed by atoms with van der Waals surface area (Å²) in [4.78, 5) is 40.2. The van der Waals surface area contributed by atoms with Crippen LogP contribution in [0.1, 0.15) is 36.8 Å². The molecule has 2 heterocycles. The maximum atomic E-state index is 13.5. The molecule has 1 saturated heterocycles. The first-order valence-corrected chi connectivity index (χ1v) is 12.9. The first-order valence-electron chi connectivity index (χ1n) is 12.5. The van der Waals surface area contributed by atoms with E-state index >= 15 is 0 Å². The van der Waals surface area contributed by atoms with Gasteiger partial charge in [-0.1, -0.05) is 44.5 Å². The minimum absolute atomic E-state index is 0.0337. The normalized spacial score (nSPS) is 15.2. The number of hydrogen-bond donors (Lipinski definition) is 3. The summed E-state index contributed by atoms with van der Waals surface area (Å²) < 4.78 is 15.0. The summed E-state index contributed by atoms with van der Waals surface area (Å²) in [5.41, 5.74) is 1.06. The lowest BCUT2D eigenvalue weighted by Gasteiger charge is -2.31. The Labute approximate surface area is 225 Å². The van der Waals surface area contributed by atoms with Gasteiger partial charge in [0.25, 0.3) is 5.91 Å². The van der Waals surface area contributed by atoms with E-state index in [0.29, 0.717) is 48.6 Å². The Morgan fingerprint density at radius 2 is 1.92 bits per heavy atom. The van der Waals surface area contributed by atoms with Crippen molar-refractivity contribution in [3.8, 4) is 0 Å². The highest BCUT2D eigenvalue weighted by Crippen LogP contribution is 2.25. The Bertz CT molecular complexity index is 1340. The van der Waals surface area contributed by atoms with Crippen molar-refractivity contribution in [1.29, 1.82) is 0 Å². The fourth-order valence-electron chi connectivity index (χ4n) is 4.40. The Hall–Kier alpha value is -3.50. The Kier molecular flexibility index (Phi) is 8.32. The molecule has 38 heavy (non-hydrogen) atoms. The molecule has 0 aliphatic carbocycles. The second-order valence-corrected chi connectivity index (χ2v) is 10.9. The lowest BCUT2D eigenvalue weighted by Crippen LogP contribution is -2.55. The highest BCUT2D eigenvalue weighted by atomic mass is 35.5. The highest BCUT2D eigenvalue weighted by Gasteiger charge is 2.34. The van der Waals surface area contributed by atoms with Crippen molar-refractivity contribution in [3.63, 3.8) is 0 Å². The quantitative estimate of drug-likeness (QED) is 0.405. The largest absolute Gasteiger partial charge is 0.354 e. The minimum Gasteiger partial charge on any atom is -0.354 e. The predicted octanol–water partition coefficient (Wildman–Crippen LogP) is 2.57. The van der Waals surface area contributed by atoms with E-state index in [9.17, 15) is 18.8 Å². The average Bonchev–Trinajstić information content (AvgIpc) is 3.20. The molecule has 1 atom stereocenters. The molecule has 9 nitrogen and oxygen atoms in total. The monoisotopic (exact) mass is 542 g/mol. The van der Waals surface area contributed by atoms with Crippen LogP contribution in [0.4, 0.5) is 4.39 Å². The van der Waals surface area contributed by atoms with Crippen molar-refractivity contribution in [3.05, 3.63) is 64.6 Å². The molecule has 0 unspecified atom stereocenters. The van der Waals surface area contributed by atoms with Gasteiger partial charge in [0.1, 0.15) is 11.9 Å². The van der Waals surface area contributed by atoms with Crippen molar-refractivity contribution in [2.75, 3.05) is 32.7 Å². The molecular weight excluding hydrogens is 511 g/mol. The zero-order valence-electron chi connectivity index (χ0n) is 21.7. The van der Waals surface area contributed by atoms with Gasteiger partial charge in [0.2, 0.25) is 11.8 Å². The number of hydrogen-bond acceptors (Lipinski definition) is 5. The van der Waals surface area contributed by atoms with Gasteiger partial charge < -0.3 is 16.0 Å². The van der Waals surface area contributed by atoms with E-state index in [-0.39, 0.29) is 23.3 Å². The number of carbonyl (C=O) groups is 3. The molecule has 3 aromatic rings. The van der Waals surface area contributed by atoms with Crippen LogP contribution in [0.3, 0.4) is 0 Å². The number of carbonyl (C=O) groups excluding carboxylic acids is 3. The molecule has 4 rings (SSSR count). The van der Waals surface area contributed by atoms with Crippen LogP contribution in [-0.2, 0) is 16.1 Å². The number of aromatic nitrogens is 2. The molecule has 3 amide bonds. The SMILES string of the molecule is CC(C)(C)[C@H](NC(=O)c1nn(Cc2ccc(F)cc2)c2ccc(Cl)cc12)C(=O)NCCN1CCNC(=O)C1. The molecule has 202 valence electrons. The average molecular weight is 543 g/mol. The number of nitrogens with one attached hydrogen (secondary N) is 3. The van der Waals surface area contributed by atoms with Crippen molar-refractivity contribution >= 4 is 40.2 Å². The van der Waals surface area contributed by atoms with E-state index in [0.717, 1.165) is 12.1 Å². The molecule has 11 heteroatoms. The van der Waals surface area contributed by atoms with Crippen molar-refractivity contribution < 1.29 is 18.8 Å². The second kappa shape index (κ2) is 11.5. The first kappa shape index (κ1) is 27.5. The summed E-state index contributed by atoms with van der Waals surface area (Å²) in [7, 11) is 0. The standard InChI is InChI=1S/C27H32ClFN6O3/c1-27(2,3)24(26(38)31-11-13-34-12-10-30-22(36)16-34)32-25(37)23-20-14-18(28)6-9-21(20)35(33-23)15-17-4-7-19(29)8-5-17/h4-9,14,24H,10-13,15-16H2,1-3H3,(H,30,36)(H,31,38)(H,32,37)/t24-/m1/s1. The number of halogens is 2. The minimum atomic E-state index is -0.837. The third-order valence-electron chi connectivity index (χ3n) is 6.42. The lowest BCUT2D eigenvalue weighted by molar-refractivity contribution is -0.125. The van der Waals surface area contributed by atoms with Crippen LogP contribution in [0.25, 0.3) is 10.9 Å². The third-order valence-corrected chi connectivity index (χ3v) is 6.66. The molecule has 1 aliphatic heterocycles. The van der Waals surface area contributed by atoms with Gasteiger partial charge >= 0.3 is 0 Å². The summed E-state index contributed by atoms with van der Waals surface area (Å²) in [5, 5.41) is 14.1. The molecule has 3 N–H and O–H groups in total. The number of nitrogens with zero attached hydrogens (tertiary/aromatic N) is 3. The zero-order valence-corrected chi connectivity index (χ0v) is 22.4. The fraction of sp³-hybridized carbons (Fsp3) is 0.407. The summed E-state index contributed by atoms with van der Waals surface area (Å²) in [6, 6.07) is 10.4. The third kappa shape index (κ3) is 6.68. The predicted molar refractivity (Wildman–Crippen MR) is 143 cm³/mol. The van der Waals surface area contributed by atoms with E-state index < -0.39 is 17.4 Å². The van der Waals surface area contributed by atoms with Crippen molar-refractivity contribution in [2.45, 2.75) is 33.4 Å². The molecule has 0 radical (unpaired) electrons. The number of amides is 3. The topological polar surface area (TPSA) is 108 Å². The number of benzene rings is 2. The van der Waals surface area contributed by atoms with Gasteiger partial charge in [0, 0.05) is 36.6 Å². The van der Waals surface area contributed by atoms with Gasteiger partial charge in [-0.2, -0.15) is 5.10 Å². The number of piperazine rings is 1. The van der Waals surface area contributed by atoms with Gasteiger partial charge in [-0.15, -0.1) is 0 Å². The van der Waals surface area contributed by atoms with Gasteiger partial charge in [-0.25, -0.2) is 4.39 Å². The molecule has 0 bridgehead atoms. The summed E-state index contributed by atoms with van der Waals surface area (Å²) in [5.74, 6) is -1.19. The number of rotatable bonds is 8. The zero-order chi connectivity index (χ0) is 27.4. The maximum Gasteiger partial charge on any atom is 0.273 e. The van der Waals surface area contributed by atoms with Crippen LogP contribution in [0.5, 0.6) is 0 Å². The van der Waals surface area contributed by atoms with Crippen LogP contribution >= 0.6 is 11.6 Å². The van der Waals surface area contributed by atoms with E-state index in [1.165, 1.54) is 12.1 Å². The fourth-order valence-corrected chi connectivity index (χ4v) is 4.57. The summed E-state index contributed by atoms with van der Waals surface area (Å²) >= 11 is 6.24. The maximum absolute atomic E-state index is 13.5. The van der Waals surface area contributed by atoms with Crippen LogP contribution < -0.4 is 16.0 Å². The molecular formula is C27H32ClFN6O3. The van der Waals surface area contributed by atoms with Crippen LogP contribution in [0.2, 0.25) is 5.02 Å². The van der Waals surface area contributed by atoms with Gasteiger partial charge in [0.05, 0.1) is 18.6 Å². The van der Waals surface area contributed by atoms with E-state index in [2.05, 4.69) is 21.0 Å². The highest BCUT2D eigenvalue weighted by molar-refractivity contribution is 6.31. The van der Waals surface area contributed by atoms with Gasteiger partial charge in [-0.3, -0.25) is 24.0 Å². The van der Waals surface area contributed by atoms with E-state index in [1.54, 1.807) is 35.0 Å². The molecule has 0 saturated carbocycles.